The Hall–Kier alpha value is -1.02. The van der Waals surface area contributed by atoms with Gasteiger partial charge in [-0.25, -0.2) is 0 Å². The molecule has 0 heterocycles. The summed E-state index contributed by atoms with van der Waals surface area (Å²) in [6, 6.07) is 8.81. The second kappa shape index (κ2) is 6.95. The lowest BCUT2D eigenvalue weighted by atomic mass is 9.98. The Kier molecular flexibility index (Phi) is 5.26. The molecule has 1 aromatic rings. The van der Waals surface area contributed by atoms with Crippen LogP contribution in [0.3, 0.4) is 0 Å². The van der Waals surface area contributed by atoms with Crippen molar-refractivity contribution in [2.75, 3.05) is 7.05 Å². The molecule has 1 aromatic carbocycles. The third kappa shape index (κ3) is 3.50. The van der Waals surface area contributed by atoms with Crippen molar-refractivity contribution < 1.29 is 5.11 Å². The standard InChI is InChI=1S/C17H27NO/c1-3-16(15-12-8-9-13-17(15)19)18(2)14-10-6-4-5-7-11-14/h8-9,12-14,16,19H,3-7,10-11H2,1-2H3. The molecule has 1 aliphatic carbocycles. The second-order valence-corrected chi connectivity index (χ2v) is 5.79. The zero-order valence-corrected chi connectivity index (χ0v) is 12.3. The lowest BCUT2D eigenvalue weighted by Crippen LogP contribution is -2.34. The number of phenolic OH excluding ortho intramolecular Hbond substituents is 1. The van der Waals surface area contributed by atoms with Crippen LogP contribution in [-0.4, -0.2) is 23.1 Å². The van der Waals surface area contributed by atoms with E-state index in [0.717, 1.165) is 12.0 Å². The molecule has 106 valence electrons. The first-order valence-electron chi connectivity index (χ1n) is 7.74. The lowest BCUT2D eigenvalue weighted by Gasteiger charge is -2.35. The maximum absolute atomic E-state index is 10.1. The molecule has 0 radical (unpaired) electrons. The van der Waals surface area contributed by atoms with E-state index in [9.17, 15) is 5.11 Å². The number of phenols is 1. The van der Waals surface area contributed by atoms with Crippen molar-refractivity contribution >= 4 is 0 Å². The monoisotopic (exact) mass is 261 g/mol. The highest BCUT2D eigenvalue weighted by Crippen LogP contribution is 2.34. The molecule has 2 rings (SSSR count). The van der Waals surface area contributed by atoms with Gasteiger partial charge < -0.3 is 5.11 Å². The maximum Gasteiger partial charge on any atom is 0.120 e. The van der Waals surface area contributed by atoms with E-state index in [-0.39, 0.29) is 0 Å². The van der Waals surface area contributed by atoms with Gasteiger partial charge in [0.15, 0.2) is 0 Å². The van der Waals surface area contributed by atoms with Crippen molar-refractivity contribution in [2.45, 2.75) is 64.0 Å². The van der Waals surface area contributed by atoms with Gasteiger partial charge in [-0.2, -0.15) is 0 Å². The number of hydrogen-bond donors (Lipinski definition) is 1. The van der Waals surface area contributed by atoms with Crippen LogP contribution in [0.15, 0.2) is 24.3 Å². The normalized spacial score (nSPS) is 19.3. The fraction of sp³-hybridized carbons (Fsp3) is 0.647. The van der Waals surface area contributed by atoms with Crippen molar-refractivity contribution in [1.29, 1.82) is 0 Å². The fourth-order valence-corrected chi connectivity index (χ4v) is 3.42. The first kappa shape index (κ1) is 14.4. The van der Waals surface area contributed by atoms with E-state index >= 15 is 0 Å². The van der Waals surface area contributed by atoms with Crippen LogP contribution < -0.4 is 0 Å². The van der Waals surface area contributed by atoms with Gasteiger partial charge in [0.25, 0.3) is 0 Å². The number of rotatable bonds is 4. The summed E-state index contributed by atoms with van der Waals surface area (Å²) in [7, 11) is 2.23. The number of nitrogens with zero attached hydrogens (tertiary/aromatic N) is 1. The Morgan fingerprint density at radius 3 is 2.37 bits per heavy atom. The molecule has 1 unspecified atom stereocenters. The first-order valence-corrected chi connectivity index (χ1v) is 7.74. The molecule has 0 bridgehead atoms. The summed E-state index contributed by atoms with van der Waals surface area (Å²) >= 11 is 0. The highest BCUT2D eigenvalue weighted by atomic mass is 16.3. The predicted octanol–water partition coefficient (Wildman–Crippen LogP) is 4.50. The molecule has 0 amide bonds. The van der Waals surface area contributed by atoms with Crippen LogP contribution in [0.25, 0.3) is 0 Å². The third-order valence-corrected chi connectivity index (χ3v) is 4.57. The second-order valence-electron chi connectivity index (χ2n) is 5.79. The zero-order valence-electron chi connectivity index (χ0n) is 12.3. The largest absolute Gasteiger partial charge is 0.508 e. The molecule has 2 heteroatoms. The number of benzene rings is 1. The molecule has 1 fully saturated rings. The summed E-state index contributed by atoms with van der Waals surface area (Å²) in [5.74, 6) is 0.440. The van der Waals surface area contributed by atoms with Gasteiger partial charge in [0.05, 0.1) is 0 Å². The van der Waals surface area contributed by atoms with Gasteiger partial charge in [-0.1, -0.05) is 50.8 Å². The van der Waals surface area contributed by atoms with Crippen LogP contribution in [-0.2, 0) is 0 Å². The van der Waals surface area contributed by atoms with Crippen molar-refractivity contribution in [3.63, 3.8) is 0 Å². The summed E-state index contributed by atoms with van der Waals surface area (Å²) in [6.07, 6.45) is 9.14. The summed E-state index contributed by atoms with van der Waals surface area (Å²) in [6.45, 7) is 2.21. The Morgan fingerprint density at radius 2 is 1.79 bits per heavy atom. The Balaban J connectivity index is 2.14. The van der Waals surface area contributed by atoms with Gasteiger partial charge in [-0.15, -0.1) is 0 Å². The molecular formula is C17H27NO. The average molecular weight is 261 g/mol. The van der Waals surface area contributed by atoms with Crippen molar-refractivity contribution in [3.05, 3.63) is 29.8 Å². The van der Waals surface area contributed by atoms with E-state index in [1.54, 1.807) is 6.07 Å². The van der Waals surface area contributed by atoms with Gasteiger partial charge in [-0.3, -0.25) is 4.90 Å². The van der Waals surface area contributed by atoms with Crippen LogP contribution in [0.1, 0.15) is 63.5 Å². The minimum absolute atomic E-state index is 0.337. The SMILES string of the molecule is CCC(c1ccccc1O)N(C)C1CCCCCC1. The van der Waals surface area contributed by atoms with E-state index in [0.29, 0.717) is 17.8 Å². The predicted molar refractivity (Wildman–Crippen MR) is 80.4 cm³/mol. The van der Waals surface area contributed by atoms with E-state index in [4.69, 9.17) is 0 Å². The van der Waals surface area contributed by atoms with E-state index in [2.05, 4.69) is 24.9 Å². The molecular weight excluding hydrogens is 234 g/mol. The highest BCUT2D eigenvalue weighted by Gasteiger charge is 2.25. The maximum atomic E-state index is 10.1. The molecule has 1 aliphatic rings. The quantitative estimate of drug-likeness (QED) is 0.807. The van der Waals surface area contributed by atoms with Gasteiger partial charge in [0.1, 0.15) is 5.75 Å². The van der Waals surface area contributed by atoms with Gasteiger partial charge in [0.2, 0.25) is 0 Å². The van der Waals surface area contributed by atoms with Crippen LogP contribution in [0.5, 0.6) is 5.75 Å². The topological polar surface area (TPSA) is 23.5 Å². The van der Waals surface area contributed by atoms with Gasteiger partial charge in [-0.05, 0) is 32.4 Å². The molecule has 0 aliphatic heterocycles. The molecule has 1 saturated carbocycles. The third-order valence-electron chi connectivity index (χ3n) is 4.57. The van der Waals surface area contributed by atoms with Crippen molar-refractivity contribution in [2.24, 2.45) is 0 Å². The molecule has 19 heavy (non-hydrogen) atoms. The summed E-state index contributed by atoms with van der Waals surface area (Å²) in [5.41, 5.74) is 1.08. The van der Waals surface area contributed by atoms with E-state index in [1.807, 2.05) is 12.1 Å². The first-order chi connectivity index (χ1) is 9.24. The van der Waals surface area contributed by atoms with E-state index < -0.39 is 0 Å². The minimum atomic E-state index is 0.337. The van der Waals surface area contributed by atoms with Crippen LogP contribution >= 0.6 is 0 Å². The average Bonchev–Trinajstić information content (AvgIpc) is 2.70. The summed E-state index contributed by atoms with van der Waals surface area (Å²) < 4.78 is 0. The Morgan fingerprint density at radius 1 is 1.16 bits per heavy atom. The minimum Gasteiger partial charge on any atom is -0.508 e. The number of hydrogen-bond acceptors (Lipinski definition) is 2. The molecule has 0 spiro atoms. The van der Waals surface area contributed by atoms with Crippen LogP contribution in [0.2, 0.25) is 0 Å². The number of aromatic hydroxyl groups is 1. The molecule has 1 atom stereocenters. The molecule has 1 N–H and O–H groups in total. The Labute approximate surface area is 117 Å². The summed E-state index contributed by atoms with van der Waals surface area (Å²) in [5, 5.41) is 10.1. The van der Waals surface area contributed by atoms with Crippen molar-refractivity contribution in [3.8, 4) is 5.75 Å². The van der Waals surface area contributed by atoms with Crippen LogP contribution in [0.4, 0.5) is 0 Å². The van der Waals surface area contributed by atoms with Gasteiger partial charge in [0, 0.05) is 17.6 Å². The highest BCUT2D eigenvalue weighted by molar-refractivity contribution is 5.34. The molecule has 2 nitrogen and oxygen atoms in total. The smallest absolute Gasteiger partial charge is 0.120 e. The summed E-state index contributed by atoms with van der Waals surface area (Å²) in [4.78, 5) is 2.50. The zero-order chi connectivity index (χ0) is 13.7. The fourth-order valence-electron chi connectivity index (χ4n) is 3.42. The van der Waals surface area contributed by atoms with E-state index in [1.165, 1.54) is 38.5 Å². The van der Waals surface area contributed by atoms with Crippen LogP contribution in [0, 0.1) is 0 Å². The Bertz CT molecular complexity index is 383. The molecule has 0 saturated heterocycles. The van der Waals surface area contributed by atoms with Crippen molar-refractivity contribution in [1.82, 2.24) is 4.90 Å². The number of para-hydroxylation sites is 1. The van der Waals surface area contributed by atoms with Gasteiger partial charge >= 0.3 is 0 Å². The lowest BCUT2D eigenvalue weighted by molar-refractivity contribution is 0.151. The molecule has 0 aromatic heterocycles.